The summed E-state index contributed by atoms with van der Waals surface area (Å²) in [4.78, 5) is 11.1. The largest absolute Gasteiger partial charge is 0.307 e. The maximum Gasteiger partial charge on any atom is 0.146 e. The lowest BCUT2D eigenvalue weighted by Gasteiger charge is -2.03. The van der Waals surface area contributed by atoms with Gasteiger partial charge in [0.15, 0.2) is 0 Å². The molecule has 0 amide bonds. The summed E-state index contributed by atoms with van der Waals surface area (Å²) in [7, 11) is 0. The van der Waals surface area contributed by atoms with E-state index in [-0.39, 0.29) is 0 Å². The quantitative estimate of drug-likeness (QED) is 0.465. The van der Waals surface area contributed by atoms with Crippen LogP contribution in [0.2, 0.25) is 0 Å². The number of Topliss-reactive ketones (excluding diaryl/α,β-unsaturated/α-hetero) is 1. The molecule has 0 heterocycles. The first kappa shape index (κ1) is 11.4. The molecule has 0 aliphatic rings. The van der Waals surface area contributed by atoms with E-state index in [9.17, 15) is 4.79 Å². The Labute approximate surface area is 75.0 Å². The molecule has 2 heteroatoms. The number of carbonyl (C=O) groups is 1. The molecule has 0 aromatic rings. The predicted molar refractivity (Wildman–Crippen MR) is 52.1 cm³/mol. The van der Waals surface area contributed by atoms with Crippen molar-refractivity contribution in [2.24, 2.45) is 5.92 Å². The van der Waals surface area contributed by atoms with E-state index < -0.39 is 0 Å². The van der Waals surface area contributed by atoms with Crippen molar-refractivity contribution in [2.45, 2.75) is 26.7 Å². The van der Waals surface area contributed by atoms with Gasteiger partial charge in [0, 0.05) is 13.0 Å². The van der Waals surface area contributed by atoms with Crippen LogP contribution in [0.1, 0.15) is 26.7 Å². The van der Waals surface area contributed by atoms with E-state index in [0.717, 1.165) is 6.42 Å². The van der Waals surface area contributed by atoms with Gasteiger partial charge in [-0.25, -0.2) is 0 Å². The second-order valence-corrected chi connectivity index (χ2v) is 3.39. The van der Waals surface area contributed by atoms with Gasteiger partial charge in [0.05, 0.1) is 6.54 Å². The lowest BCUT2D eigenvalue weighted by atomic mass is 10.1. The van der Waals surface area contributed by atoms with Crippen LogP contribution in [-0.2, 0) is 4.79 Å². The van der Waals surface area contributed by atoms with Crippen LogP contribution < -0.4 is 5.32 Å². The summed E-state index contributed by atoms with van der Waals surface area (Å²) in [6, 6.07) is 0. The highest BCUT2D eigenvalue weighted by Gasteiger charge is 2.01. The number of carbonyl (C=O) groups excluding carboxylic acids is 1. The number of ketones is 1. The van der Waals surface area contributed by atoms with E-state index in [2.05, 4.69) is 25.7 Å². The Morgan fingerprint density at radius 1 is 1.58 bits per heavy atom. The molecular weight excluding hydrogens is 150 g/mol. The monoisotopic (exact) mass is 169 g/mol. The van der Waals surface area contributed by atoms with Crippen molar-refractivity contribution in [1.82, 2.24) is 5.32 Å². The van der Waals surface area contributed by atoms with Crippen molar-refractivity contribution in [3.63, 3.8) is 0 Å². The molecule has 0 atom stereocenters. The fourth-order valence-corrected chi connectivity index (χ4v) is 0.852. The normalized spacial score (nSPS) is 10.2. The molecule has 0 fully saturated rings. The van der Waals surface area contributed by atoms with Crippen molar-refractivity contribution < 1.29 is 4.79 Å². The van der Waals surface area contributed by atoms with Crippen LogP contribution in [0.5, 0.6) is 0 Å². The van der Waals surface area contributed by atoms with E-state index in [1.54, 1.807) is 6.08 Å². The van der Waals surface area contributed by atoms with Crippen LogP contribution in [0, 0.1) is 5.92 Å². The van der Waals surface area contributed by atoms with Crippen LogP contribution in [-0.4, -0.2) is 18.9 Å². The molecule has 0 saturated carbocycles. The summed E-state index contributed by atoms with van der Waals surface area (Å²) in [5.74, 6) is 0.916. The van der Waals surface area contributed by atoms with Gasteiger partial charge in [0.2, 0.25) is 0 Å². The molecule has 1 N–H and O–H groups in total. The topological polar surface area (TPSA) is 29.1 Å². The first-order valence-electron chi connectivity index (χ1n) is 4.50. The van der Waals surface area contributed by atoms with Gasteiger partial charge in [0.1, 0.15) is 5.78 Å². The van der Waals surface area contributed by atoms with Crippen LogP contribution in [0.3, 0.4) is 0 Å². The molecule has 12 heavy (non-hydrogen) atoms. The zero-order valence-electron chi connectivity index (χ0n) is 8.10. The van der Waals surface area contributed by atoms with Crippen molar-refractivity contribution in [1.29, 1.82) is 0 Å². The SMILES string of the molecule is C=CCNCC(=O)CCC(C)C. The van der Waals surface area contributed by atoms with E-state index in [4.69, 9.17) is 0 Å². The van der Waals surface area contributed by atoms with Crippen molar-refractivity contribution in [2.75, 3.05) is 13.1 Å². The summed E-state index contributed by atoms with van der Waals surface area (Å²) >= 11 is 0. The molecule has 0 saturated heterocycles. The zero-order valence-corrected chi connectivity index (χ0v) is 8.10. The third-order valence-corrected chi connectivity index (χ3v) is 1.61. The number of hydrogen-bond donors (Lipinski definition) is 1. The third kappa shape index (κ3) is 7.48. The summed E-state index contributed by atoms with van der Waals surface area (Å²) in [5.41, 5.74) is 0. The first-order valence-corrected chi connectivity index (χ1v) is 4.50. The minimum Gasteiger partial charge on any atom is -0.307 e. The molecule has 0 aliphatic carbocycles. The van der Waals surface area contributed by atoms with Crippen LogP contribution in [0.4, 0.5) is 0 Å². The third-order valence-electron chi connectivity index (χ3n) is 1.61. The van der Waals surface area contributed by atoms with Gasteiger partial charge in [-0.2, -0.15) is 0 Å². The fourth-order valence-electron chi connectivity index (χ4n) is 0.852. The molecule has 0 aromatic heterocycles. The second kappa shape index (κ2) is 7.04. The molecule has 0 radical (unpaired) electrons. The Morgan fingerprint density at radius 3 is 2.75 bits per heavy atom. The molecule has 0 rings (SSSR count). The molecule has 0 bridgehead atoms. The van der Waals surface area contributed by atoms with Gasteiger partial charge in [-0.1, -0.05) is 19.9 Å². The highest BCUT2D eigenvalue weighted by molar-refractivity contribution is 5.80. The maximum atomic E-state index is 11.1. The van der Waals surface area contributed by atoms with Gasteiger partial charge in [-0.05, 0) is 12.3 Å². The smallest absolute Gasteiger partial charge is 0.146 e. The molecule has 0 spiro atoms. The van der Waals surface area contributed by atoms with Gasteiger partial charge in [-0.15, -0.1) is 6.58 Å². The Hall–Kier alpha value is -0.630. The first-order chi connectivity index (χ1) is 5.66. The summed E-state index contributed by atoms with van der Waals surface area (Å²) in [5, 5.41) is 2.99. The molecule has 70 valence electrons. The molecule has 0 unspecified atom stereocenters. The standard InChI is InChI=1S/C10H19NO/c1-4-7-11-8-10(12)6-5-9(2)3/h4,9,11H,1,5-8H2,2-3H3. The van der Waals surface area contributed by atoms with E-state index in [0.29, 0.717) is 31.2 Å². The summed E-state index contributed by atoms with van der Waals surface area (Å²) in [6.07, 6.45) is 3.45. The highest BCUT2D eigenvalue weighted by Crippen LogP contribution is 2.02. The van der Waals surface area contributed by atoms with E-state index in [1.807, 2.05) is 0 Å². The second-order valence-electron chi connectivity index (χ2n) is 3.39. The molecular formula is C10H19NO. The minimum absolute atomic E-state index is 0.297. The summed E-state index contributed by atoms with van der Waals surface area (Å²) < 4.78 is 0. The Morgan fingerprint density at radius 2 is 2.25 bits per heavy atom. The Balaban J connectivity index is 3.27. The van der Waals surface area contributed by atoms with E-state index >= 15 is 0 Å². The van der Waals surface area contributed by atoms with Crippen LogP contribution in [0.15, 0.2) is 12.7 Å². The van der Waals surface area contributed by atoms with Crippen LogP contribution >= 0.6 is 0 Å². The number of rotatable bonds is 7. The van der Waals surface area contributed by atoms with Crippen molar-refractivity contribution in [3.05, 3.63) is 12.7 Å². The Kier molecular flexibility index (Phi) is 6.67. The van der Waals surface area contributed by atoms with Gasteiger partial charge >= 0.3 is 0 Å². The zero-order chi connectivity index (χ0) is 9.40. The molecule has 2 nitrogen and oxygen atoms in total. The maximum absolute atomic E-state index is 11.1. The van der Waals surface area contributed by atoms with Gasteiger partial charge < -0.3 is 5.32 Å². The average molecular weight is 169 g/mol. The number of nitrogens with one attached hydrogen (secondary N) is 1. The lowest BCUT2D eigenvalue weighted by Crippen LogP contribution is -2.22. The minimum atomic E-state index is 0.297. The van der Waals surface area contributed by atoms with Crippen LogP contribution in [0.25, 0.3) is 0 Å². The van der Waals surface area contributed by atoms with Crippen molar-refractivity contribution in [3.8, 4) is 0 Å². The van der Waals surface area contributed by atoms with E-state index in [1.165, 1.54) is 0 Å². The fraction of sp³-hybridized carbons (Fsp3) is 0.700. The average Bonchev–Trinajstić information content (AvgIpc) is 2.01. The molecule has 0 aromatic carbocycles. The molecule has 0 aliphatic heterocycles. The predicted octanol–water partition coefficient (Wildman–Crippen LogP) is 1.77. The van der Waals surface area contributed by atoms with Gasteiger partial charge in [0.25, 0.3) is 0 Å². The Bertz CT molecular complexity index is 141. The number of hydrogen-bond acceptors (Lipinski definition) is 2. The van der Waals surface area contributed by atoms with Crippen molar-refractivity contribution >= 4 is 5.78 Å². The van der Waals surface area contributed by atoms with Gasteiger partial charge in [-0.3, -0.25) is 4.79 Å². The summed E-state index contributed by atoms with van der Waals surface area (Å²) in [6.45, 7) is 9.02. The highest BCUT2D eigenvalue weighted by atomic mass is 16.1. The lowest BCUT2D eigenvalue weighted by molar-refractivity contribution is -0.118.